The Hall–Kier alpha value is -0.550. The summed E-state index contributed by atoms with van der Waals surface area (Å²) in [4.78, 5) is 4.06. The second kappa shape index (κ2) is 4.62. The lowest BCUT2D eigenvalue weighted by molar-refractivity contribution is 0.196. The summed E-state index contributed by atoms with van der Waals surface area (Å²) in [6, 6.07) is 0. The average molecular weight is 202 g/mol. The fraction of sp³-hybridized carbons (Fsp3) is 0.750. The minimum absolute atomic E-state index is 0.193. The highest BCUT2D eigenvalue weighted by atomic mass is 32.2. The predicted octanol–water partition coefficient (Wildman–Crippen LogP) is 1.38. The molecule has 0 saturated carbocycles. The lowest BCUT2D eigenvalue weighted by Crippen LogP contribution is -2.15. The van der Waals surface area contributed by atoms with Gasteiger partial charge in [-0.25, -0.2) is 0 Å². The maximum Gasteiger partial charge on any atom is 0.223 e. The van der Waals surface area contributed by atoms with E-state index in [1.165, 1.54) is 0 Å². The van der Waals surface area contributed by atoms with Crippen LogP contribution in [0.5, 0.6) is 0 Å². The van der Waals surface area contributed by atoms with Crippen LogP contribution in [0.15, 0.2) is 4.52 Å². The van der Waals surface area contributed by atoms with Crippen molar-refractivity contribution < 1.29 is 9.63 Å². The molecule has 1 aromatic heterocycles. The van der Waals surface area contributed by atoms with Crippen LogP contribution < -0.4 is 0 Å². The van der Waals surface area contributed by atoms with E-state index in [1.54, 1.807) is 25.6 Å². The fourth-order valence-corrected chi connectivity index (χ4v) is 1.55. The molecule has 2 unspecified atom stereocenters. The van der Waals surface area contributed by atoms with Crippen molar-refractivity contribution in [1.29, 1.82) is 0 Å². The van der Waals surface area contributed by atoms with Gasteiger partial charge in [0.1, 0.15) is 0 Å². The zero-order chi connectivity index (χ0) is 9.84. The number of nitrogens with zero attached hydrogens (tertiary/aromatic N) is 2. The van der Waals surface area contributed by atoms with Gasteiger partial charge in [-0.05, 0) is 6.92 Å². The van der Waals surface area contributed by atoms with Gasteiger partial charge in [-0.2, -0.15) is 4.98 Å². The summed E-state index contributed by atoms with van der Waals surface area (Å²) in [5, 5.41) is 13.2. The normalized spacial score (nSPS) is 15.7. The Morgan fingerprint density at radius 2 is 2.23 bits per heavy atom. The molecule has 0 spiro atoms. The molecule has 0 aromatic carbocycles. The molecule has 0 fully saturated rings. The fourth-order valence-electron chi connectivity index (χ4n) is 0.745. The predicted molar refractivity (Wildman–Crippen MR) is 51.5 cm³/mol. The van der Waals surface area contributed by atoms with Crippen LogP contribution in [0.4, 0.5) is 0 Å². The molecule has 5 heteroatoms. The molecule has 0 amide bonds. The van der Waals surface area contributed by atoms with E-state index in [9.17, 15) is 5.11 Å². The molecule has 4 nitrogen and oxygen atoms in total. The van der Waals surface area contributed by atoms with E-state index in [0.717, 1.165) is 0 Å². The van der Waals surface area contributed by atoms with Crippen molar-refractivity contribution in [2.75, 3.05) is 0 Å². The molecular formula is C8H14N2O2S. The van der Waals surface area contributed by atoms with Crippen LogP contribution in [0.3, 0.4) is 0 Å². The number of hydrogen-bond donors (Lipinski definition) is 1. The molecule has 1 N–H and O–H groups in total. The maximum atomic E-state index is 9.22. The minimum atomic E-state index is -0.307. The van der Waals surface area contributed by atoms with Gasteiger partial charge < -0.3 is 9.63 Å². The third-order valence-electron chi connectivity index (χ3n) is 1.72. The monoisotopic (exact) mass is 202 g/mol. The largest absolute Gasteiger partial charge is 0.392 e. The molecule has 0 aliphatic rings. The van der Waals surface area contributed by atoms with Gasteiger partial charge in [0, 0.05) is 12.2 Å². The number of aromatic nitrogens is 2. The maximum absolute atomic E-state index is 9.22. The molecule has 1 rings (SSSR count). The van der Waals surface area contributed by atoms with Crippen molar-refractivity contribution in [2.45, 2.75) is 37.9 Å². The van der Waals surface area contributed by atoms with Gasteiger partial charge in [0.2, 0.25) is 5.89 Å². The van der Waals surface area contributed by atoms with Crippen LogP contribution in [0, 0.1) is 6.92 Å². The number of aliphatic hydroxyl groups excluding tert-OH is 1. The van der Waals surface area contributed by atoms with Gasteiger partial charge in [-0.3, -0.25) is 0 Å². The Balaban J connectivity index is 2.35. The summed E-state index contributed by atoms with van der Waals surface area (Å²) >= 11 is 1.62. The van der Waals surface area contributed by atoms with Gasteiger partial charge in [0.25, 0.3) is 0 Å². The van der Waals surface area contributed by atoms with Gasteiger partial charge >= 0.3 is 0 Å². The van der Waals surface area contributed by atoms with Gasteiger partial charge in [0.05, 0.1) is 11.9 Å². The molecule has 0 saturated heterocycles. The number of aliphatic hydroxyl groups is 1. The minimum Gasteiger partial charge on any atom is -0.392 e. The summed E-state index contributed by atoms with van der Waals surface area (Å²) in [7, 11) is 0. The molecule has 13 heavy (non-hydrogen) atoms. The Morgan fingerprint density at radius 3 is 2.69 bits per heavy atom. The SMILES string of the molecule is Cc1nc(CSC(C)C(C)O)no1. The van der Waals surface area contributed by atoms with Gasteiger partial charge in [0.15, 0.2) is 5.82 Å². The van der Waals surface area contributed by atoms with Crippen LogP contribution in [0.1, 0.15) is 25.6 Å². The highest BCUT2D eigenvalue weighted by Gasteiger charge is 2.11. The number of hydrogen-bond acceptors (Lipinski definition) is 5. The van der Waals surface area contributed by atoms with E-state index in [1.807, 2.05) is 6.92 Å². The lowest BCUT2D eigenvalue weighted by Gasteiger charge is -2.11. The summed E-state index contributed by atoms with van der Waals surface area (Å²) in [5.41, 5.74) is 0. The average Bonchev–Trinajstić information content (AvgIpc) is 2.47. The van der Waals surface area contributed by atoms with E-state index in [2.05, 4.69) is 10.1 Å². The molecule has 0 aliphatic carbocycles. The molecule has 74 valence electrons. The summed E-state index contributed by atoms with van der Waals surface area (Å²) < 4.78 is 4.82. The van der Waals surface area contributed by atoms with E-state index in [0.29, 0.717) is 17.5 Å². The van der Waals surface area contributed by atoms with E-state index in [-0.39, 0.29) is 11.4 Å². The van der Waals surface area contributed by atoms with Crippen molar-refractivity contribution in [2.24, 2.45) is 0 Å². The van der Waals surface area contributed by atoms with Crippen molar-refractivity contribution in [3.8, 4) is 0 Å². The van der Waals surface area contributed by atoms with E-state index < -0.39 is 0 Å². The Bertz CT molecular complexity index is 262. The van der Waals surface area contributed by atoms with Crippen molar-refractivity contribution >= 4 is 11.8 Å². The topological polar surface area (TPSA) is 59.2 Å². The molecule has 2 atom stereocenters. The van der Waals surface area contributed by atoms with Crippen LogP contribution in [-0.4, -0.2) is 26.6 Å². The third-order valence-corrected chi connectivity index (χ3v) is 3.07. The Labute approximate surface area is 81.7 Å². The first kappa shape index (κ1) is 10.5. The summed E-state index contributed by atoms with van der Waals surface area (Å²) in [6.45, 7) is 5.51. The standard InChI is InChI=1S/C8H14N2O2S/c1-5(11)6(2)13-4-8-9-7(3)12-10-8/h5-6,11H,4H2,1-3H3. The van der Waals surface area contributed by atoms with Crippen LogP contribution in [0.2, 0.25) is 0 Å². The van der Waals surface area contributed by atoms with Crippen molar-refractivity contribution in [1.82, 2.24) is 10.1 Å². The quantitative estimate of drug-likeness (QED) is 0.799. The zero-order valence-electron chi connectivity index (χ0n) is 8.02. The second-order valence-electron chi connectivity index (χ2n) is 2.99. The highest BCUT2D eigenvalue weighted by Crippen LogP contribution is 2.18. The smallest absolute Gasteiger partial charge is 0.223 e. The number of aryl methyl sites for hydroxylation is 1. The zero-order valence-corrected chi connectivity index (χ0v) is 8.84. The van der Waals surface area contributed by atoms with E-state index >= 15 is 0 Å². The highest BCUT2D eigenvalue weighted by molar-refractivity contribution is 7.99. The first-order valence-electron chi connectivity index (χ1n) is 4.18. The second-order valence-corrected chi connectivity index (χ2v) is 4.35. The number of thioether (sulfide) groups is 1. The molecule has 1 aromatic rings. The van der Waals surface area contributed by atoms with Crippen molar-refractivity contribution in [3.05, 3.63) is 11.7 Å². The van der Waals surface area contributed by atoms with E-state index in [4.69, 9.17) is 4.52 Å². The summed E-state index contributed by atoms with van der Waals surface area (Å²) in [6.07, 6.45) is -0.307. The van der Waals surface area contributed by atoms with Gasteiger partial charge in [-0.1, -0.05) is 12.1 Å². The molecule has 0 aliphatic heterocycles. The van der Waals surface area contributed by atoms with Crippen LogP contribution in [-0.2, 0) is 5.75 Å². The Morgan fingerprint density at radius 1 is 1.54 bits per heavy atom. The van der Waals surface area contributed by atoms with Crippen LogP contribution in [0.25, 0.3) is 0 Å². The van der Waals surface area contributed by atoms with Gasteiger partial charge in [-0.15, -0.1) is 11.8 Å². The summed E-state index contributed by atoms with van der Waals surface area (Å²) in [5.74, 6) is 1.96. The Kier molecular flexibility index (Phi) is 3.74. The molecular weight excluding hydrogens is 188 g/mol. The first-order valence-corrected chi connectivity index (χ1v) is 5.23. The van der Waals surface area contributed by atoms with Crippen molar-refractivity contribution in [3.63, 3.8) is 0 Å². The van der Waals surface area contributed by atoms with Crippen LogP contribution >= 0.6 is 11.8 Å². The first-order chi connectivity index (χ1) is 6.09. The number of rotatable bonds is 4. The molecule has 0 bridgehead atoms. The lowest BCUT2D eigenvalue weighted by atomic mass is 10.3. The third kappa shape index (κ3) is 3.36. The molecule has 1 heterocycles. The molecule has 0 radical (unpaired) electrons.